The summed E-state index contributed by atoms with van der Waals surface area (Å²) in [6, 6.07) is 4.23. The molecule has 1 aliphatic rings. The number of nitrogen functional groups attached to an aromatic ring is 2. The summed E-state index contributed by atoms with van der Waals surface area (Å²) in [5.41, 5.74) is 12.0. The first-order chi connectivity index (χ1) is 12.9. The van der Waals surface area contributed by atoms with E-state index in [1.807, 2.05) is 0 Å². The Morgan fingerprint density at radius 2 is 1.81 bits per heavy atom. The summed E-state index contributed by atoms with van der Waals surface area (Å²) < 4.78 is 49.0. The number of hydrogen-bond donors (Lipinski definition) is 2. The highest BCUT2D eigenvalue weighted by molar-refractivity contribution is 5.71. The zero-order valence-corrected chi connectivity index (χ0v) is 15.2. The Hall–Kier alpha value is -2.63. The first-order valence-corrected chi connectivity index (χ1v) is 9.15. The molecule has 2 aromatic rings. The third-order valence-electron chi connectivity index (χ3n) is 4.83. The van der Waals surface area contributed by atoms with Crippen molar-refractivity contribution in [2.75, 3.05) is 11.5 Å². The standard InChI is InChI=1S/C21H23F3N2O/c1-2-3-4-5-6-13-18(23)20(26)14-8-10-17(27-21(14)19(13)24)12-7-9-16(25)15(22)11-12/h7,9-11H,2-6,8,25-26H2,1H3. The average Bonchev–Trinajstić information content (AvgIpc) is 2.67. The van der Waals surface area contributed by atoms with Crippen LogP contribution in [0, 0.1) is 17.5 Å². The van der Waals surface area contributed by atoms with Crippen LogP contribution in [0.15, 0.2) is 24.3 Å². The molecule has 0 radical (unpaired) electrons. The van der Waals surface area contributed by atoms with Crippen LogP contribution in [-0.4, -0.2) is 0 Å². The van der Waals surface area contributed by atoms with Gasteiger partial charge in [0, 0.05) is 23.1 Å². The minimum atomic E-state index is -0.727. The zero-order valence-electron chi connectivity index (χ0n) is 15.2. The van der Waals surface area contributed by atoms with Crippen LogP contribution in [0.2, 0.25) is 0 Å². The quantitative estimate of drug-likeness (QED) is 0.526. The van der Waals surface area contributed by atoms with Crippen molar-refractivity contribution in [1.82, 2.24) is 0 Å². The monoisotopic (exact) mass is 376 g/mol. The normalized spacial score (nSPS) is 13.1. The SMILES string of the molecule is CCCCCCc1c(F)c(N)c2c(c1F)OC(c1ccc(N)c(F)c1)=CC2. The van der Waals surface area contributed by atoms with E-state index in [1.54, 1.807) is 12.1 Å². The van der Waals surface area contributed by atoms with Crippen LogP contribution in [-0.2, 0) is 12.8 Å². The number of hydrogen-bond acceptors (Lipinski definition) is 3. The van der Waals surface area contributed by atoms with Gasteiger partial charge in [0.2, 0.25) is 0 Å². The fourth-order valence-electron chi connectivity index (χ4n) is 3.24. The lowest BCUT2D eigenvalue weighted by atomic mass is 9.97. The molecular formula is C21H23F3N2O. The van der Waals surface area contributed by atoms with Gasteiger partial charge >= 0.3 is 0 Å². The average molecular weight is 376 g/mol. The van der Waals surface area contributed by atoms with Crippen LogP contribution in [0.5, 0.6) is 5.75 Å². The highest BCUT2D eigenvalue weighted by Gasteiger charge is 2.27. The van der Waals surface area contributed by atoms with Crippen molar-refractivity contribution in [2.45, 2.75) is 45.4 Å². The van der Waals surface area contributed by atoms with Gasteiger partial charge in [-0.05, 0) is 37.1 Å². The molecule has 0 amide bonds. The minimum absolute atomic E-state index is 0.0161. The highest BCUT2D eigenvalue weighted by atomic mass is 19.1. The van der Waals surface area contributed by atoms with Gasteiger partial charge in [-0.1, -0.05) is 26.2 Å². The van der Waals surface area contributed by atoms with Crippen molar-refractivity contribution in [1.29, 1.82) is 0 Å². The highest BCUT2D eigenvalue weighted by Crippen LogP contribution is 2.40. The number of allylic oxidation sites excluding steroid dienone is 1. The summed E-state index contributed by atoms with van der Waals surface area (Å²) >= 11 is 0. The van der Waals surface area contributed by atoms with Gasteiger partial charge in [0.15, 0.2) is 17.4 Å². The zero-order chi connectivity index (χ0) is 19.6. The molecule has 0 atom stereocenters. The van der Waals surface area contributed by atoms with Crippen molar-refractivity contribution in [2.24, 2.45) is 0 Å². The van der Waals surface area contributed by atoms with Gasteiger partial charge in [-0.2, -0.15) is 0 Å². The van der Waals surface area contributed by atoms with Gasteiger partial charge in [-0.15, -0.1) is 0 Å². The van der Waals surface area contributed by atoms with Crippen LogP contribution < -0.4 is 16.2 Å². The second kappa shape index (κ2) is 7.94. The molecule has 4 N–H and O–H groups in total. The third-order valence-corrected chi connectivity index (χ3v) is 4.83. The smallest absolute Gasteiger partial charge is 0.172 e. The molecule has 27 heavy (non-hydrogen) atoms. The maximum Gasteiger partial charge on any atom is 0.172 e. The lowest BCUT2D eigenvalue weighted by Gasteiger charge is -2.23. The van der Waals surface area contributed by atoms with Crippen LogP contribution in [0.4, 0.5) is 24.5 Å². The van der Waals surface area contributed by atoms with Gasteiger partial charge in [-0.25, -0.2) is 13.2 Å². The Labute approximate surface area is 156 Å². The van der Waals surface area contributed by atoms with Gasteiger partial charge in [0.25, 0.3) is 0 Å². The second-order valence-corrected chi connectivity index (χ2v) is 6.75. The summed E-state index contributed by atoms with van der Waals surface area (Å²) in [5, 5.41) is 0. The topological polar surface area (TPSA) is 61.3 Å². The van der Waals surface area contributed by atoms with E-state index in [9.17, 15) is 13.2 Å². The molecule has 0 saturated heterocycles. The molecule has 1 aliphatic heterocycles. The van der Waals surface area contributed by atoms with E-state index in [1.165, 1.54) is 12.1 Å². The molecule has 0 aliphatic carbocycles. The molecule has 3 nitrogen and oxygen atoms in total. The number of ether oxygens (including phenoxy) is 1. The summed E-state index contributed by atoms with van der Waals surface area (Å²) in [7, 11) is 0. The van der Waals surface area contributed by atoms with Gasteiger partial charge in [-0.3, -0.25) is 0 Å². The lowest BCUT2D eigenvalue weighted by molar-refractivity contribution is 0.438. The van der Waals surface area contributed by atoms with Gasteiger partial charge < -0.3 is 16.2 Å². The fraction of sp³-hybridized carbons (Fsp3) is 0.333. The molecular weight excluding hydrogens is 353 g/mol. The van der Waals surface area contributed by atoms with Crippen LogP contribution in [0.25, 0.3) is 5.76 Å². The molecule has 0 fully saturated rings. The number of halogens is 3. The fourth-order valence-corrected chi connectivity index (χ4v) is 3.24. The molecule has 0 saturated carbocycles. The predicted octanol–water partition coefficient (Wildman–Crippen LogP) is 5.37. The van der Waals surface area contributed by atoms with Crippen LogP contribution in [0.1, 0.15) is 49.3 Å². The van der Waals surface area contributed by atoms with Crippen molar-refractivity contribution in [3.05, 3.63) is 58.4 Å². The second-order valence-electron chi connectivity index (χ2n) is 6.75. The molecule has 6 heteroatoms. The van der Waals surface area contributed by atoms with E-state index in [-0.39, 0.29) is 41.1 Å². The molecule has 0 bridgehead atoms. The first kappa shape index (κ1) is 19.1. The number of anilines is 2. The Kier molecular flexibility index (Phi) is 5.63. The van der Waals surface area contributed by atoms with E-state index in [4.69, 9.17) is 16.2 Å². The van der Waals surface area contributed by atoms with Gasteiger partial charge in [0.1, 0.15) is 11.6 Å². The summed E-state index contributed by atoms with van der Waals surface area (Å²) in [6.45, 7) is 2.07. The number of benzene rings is 2. The summed E-state index contributed by atoms with van der Waals surface area (Å²) in [5.74, 6) is -1.80. The summed E-state index contributed by atoms with van der Waals surface area (Å²) in [6.07, 6.45) is 5.70. The van der Waals surface area contributed by atoms with E-state index < -0.39 is 17.5 Å². The maximum atomic E-state index is 15.0. The Bertz CT molecular complexity index is 894. The maximum absolute atomic E-state index is 15.0. The predicted molar refractivity (Wildman–Crippen MR) is 102 cm³/mol. The lowest BCUT2D eigenvalue weighted by Crippen LogP contribution is -2.13. The number of nitrogens with two attached hydrogens (primary N) is 2. The molecule has 1 heterocycles. The van der Waals surface area contributed by atoms with Crippen LogP contribution >= 0.6 is 0 Å². The number of fused-ring (bicyclic) bond motifs is 1. The van der Waals surface area contributed by atoms with Crippen molar-refractivity contribution < 1.29 is 17.9 Å². The Morgan fingerprint density at radius 3 is 2.52 bits per heavy atom. The van der Waals surface area contributed by atoms with Crippen molar-refractivity contribution in [3.63, 3.8) is 0 Å². The van der Waals surface area contributed by atoms with E-state index in [0.29, 0.717) is 17.7 Å². The van der Waals surface area contributed by atoms with E-state index in [2.05, 4.69) is 6.92 Å². The Balaban J connectivity index is 1.92. The number of unbranched alkanes of at least 4 members (excludes halogenated alkanes) is 3. The van der Waals surface area contributed by atoms with Gasteiger partial charge in [0.05, 0.1) is 11.4 Å². The summed E-state index contributed by atoms with van der Waals surface area (Å²) in [4.78, 5) is 0. The van der Waals surface area contributed by atoms with Crippen molar-refractivity contribution in [3.8, 4) is 5.75 Å². The molecule has 3 rings (SSSR count). The molecule has 144 valence electrons. The van der Waals surface area contributed by atoms with Crippen LogP contribution in [0.3, 0.4) is 0 Å². The molecule has 0 spiro atoms. The Morgan fingerprint density at radius 1 is 1.04 bits per heavy atom. The minimum Gasteiger partial charge on any atom is -0.454 e. The first-order valence-electron chi connectivity index (χ1n) is 9.15. The van der Waals surface area contributed by atoms with Crippen molar-refractivity contribution >= 4 is 17.1 Å². The third kappa shape index (κ3) is 3.75. The molecule has 0 aromatic heterocycles. The number of rotatable bonds is 6. The molecule has 0 unspecified atom stereocenters. The van der Waals surface area contributed by atoms with E-state index in [0.717, 1.165) is 19.3 Å². The van der Waals surface area contributed by atoms with E-state index >= 15 is 0 Å². The largest absolute Gasteiger partial charge is 0.454 e. The molecule has 2 aromatic carbocycles.